The van der Waals surface area contributed by atoms with Crippen molar-refractivity contribution in [1.29, 1.82) is 0 Å². The second-order valence-corrected chi connectivity index (χ2v) is 5.42. The van der Waals surface area contributed by atoms with E-state index in [4.69, 9.17) is 0 Å². The number of nitrogens with one attached hydrogen (secondary N) is 1. The molecule has 0 spiro atoms. The number of pyridine rings is 1. The van der Waals surface area contributed by atoms with Gasteiger partial charge in [-0.05, 0) is 30.4 Å². The Morgan fingerprint density at radius 3 is 2.83 bits per heavy atom. The van der Waals surface area contributed by atoms with Gasteiger partial charge in [0.15, 0.2) is 0 Å². The first kappa shape index (κ1) is 11.7. The number of carbonyl (C=O) groups is 1. The second-order valence-electron chi connectivity index (χ2n) is 5.42. The summed E-state index contributed by atoms with van der Waals surface area (Å²) in [5, 5.41) is 3.39. The fourth-order valence-electron chi connectivity index (χ4n) is 3.02. The summed E-state index contributed by atoms with van der Waals surface area (Å²) in [6.45, 7) is 5.98. The van der Waals surface area contributed by atoms with Crippen molar-refractivity contribution in [2.24, 2.45) is 11.8 Å². The maximum atomic E-state index is 12.3. The highest BCUT2D eigenvalue weighted by Gasteiger charge is 2.37. The SMILES string of the molecule is Cc1cccnc1CC(=O)N1C[C@H]2CNC[C@H]2C1. The smallest absolute Gasteiger partial charge is 0.228 e. The number of nitrogens with zero attached hydrogens (tertiary/aromatic N) is 2. The Kier molecular flexibility index (Phi) is 3.04. The summed E-state index contributed by atoms with van der Waals surface area (Å²) >= 11 is 0. The molecule has 1 N–H and O–H groups in total. The van der Waals surface area contributed by atoms with E-state index in [-0.39, 0.29) is 5.91 Å². The molecule has 1 aromatic heterocycles. The molecule has 2 fully saturated rings. The number of aryl methyl sites for hydroxylation is 1. The van der Waals surface area contributed by atoms with E-state index in [1.807, 2.05) is 24.0 Å². The molecule has 3 heterocycles. The van der Waals surface area contributed by atoms with Gasteiger partial charge in [-0.15, -0.1) is 0 Å². The molecule has 2 atom stereocenters. The van der Waals surface area contributed by atoms with E-state index in [0.29, 0.717) is 18.3 Å². The predicted molar refractivity (Wildman–Crippen MR) is 69.1 cm³/mol. The molecule has 0 unspecified atom stereocenters. The molecule has 4 heteroatoms. The maximum absolute atomic E-state index is 12.3. The monoisotopic (exact) mass is 245 g/mol. The van der Waals surface area contributed by atoms with Gasteiger partial charge in [-0.25, -0.2) is 0 Å². The van der Waals surface area contributed by atoms with Crippen LogP contribution >= 0.6 is 0 Å². The van der Waals surface area contributed by atoms with Crippen LogP contribution in [0.3, 0.4) is 0 Å². The average Bonchev–Trinajstić information content (AvgIpc) is 2.92. The van der Waals surface area contributed by atoms with Crippen molar-refractivity contribution in [3.63, 3.8) is 0 Å². The van der Waals surface area contributed by atoms with Crippen LogP contribution in [-0.2, 0) is 11.2 Å². The molecular formula is C14H19N3O. The van der Waals surface area contributed by atoms with Crippen LogP contribution in [0, 0.1) is 18.8 Å². The highest BCUT2D eigenvalue weighted by molar-refractivity contribution is 5.79. The Morgan fingerprint density at radius 2 is 2.17 bits per heavy atom. The van der Waals surface area contributed by atoms with Gasteiger partial charge in [-0.2, -0.15) is 0 Å². The van der Waals surface area contributed by atoms with Crippen molar-refractivity contribution in [3.8, 4) is 0 Å². The van der Waals surface area contributed by atoms with Crippen LogP contribution in [0.2, 0.25) is 0 Å². The summed E-state index contributed by atoms with van der Waals surface area (Å²) in [6.07, 6.45) is 2.21. The van der Waals surface area contributed by atoms with Crippen LogP contribution in [-0.4, -0.2) is 42.0 Å². The zero-order valence-corrected chi connectivity index (χ0v) is 10.7. The van der Waals surface area contributed by atoms with Gasteiger partial charge < -0.3 is 10.2 Å². The first-order valence-corrected chi connectivity index (χ1v) is 6.63. The molecular weight excluding hydrogens is 226 g/mol. The lowest BCUT2D eigenvalue weighted by Gasteiger charge is -2.17. The number of amides is 1. The summed E-state index contributed by atoms with van der Waals surface area (Å²) in [4.78, 5) is 18.6. The van der Waals surface area contributed by atoms with Crippen molar-refractivity contribution < 1.29 is 4.79 Å². The lowest BCUT2D eigenvalue weighted by atomic mass is 10.0. The number of rotatable bonds is 2. The number of likely N-dealkylation sites (tertiary alicyclic amines) is 1. The molecule has 2 saturated heterocycles. The fraction of sp³-hybridized carbons (Fsp3) is 0.571. The van der Waals surface area contributed by atoms with E-state index in [0.717, 1.165) is 37.4 Å². The lowest BCUT2D eigenvalue weighted by molar-refractivity contribution is -0.129. The quantitative estimate of drug-likeness (QED) is 0.830. The van der Waals surface area contributed by atoms with E-state index in [9.17, 15) is 4.79 Å². The van der Waals surface area contributed by atoms with Gasteiger partial charge in [0.25, 0.3) is 0 Å². The molecule has 0 aromatic carbocycles. The molecule has 96 valence electrons. The summed E-state index contributed by atoms with van der Waals surface area (Å²) in [7, 11) is 0. The maximum Gasteiger partial charge on any atom is 0.228 e. The number of hydrogen-bond acceptors (Lipinski definition) is 3. The minimum absolute atomic E-state index is 0.228. The van der Waals surface area contributed by atoms with Crippen molar-refractivity contribution >= 4 is 5.91 Å². The largest absolute Gasteiger partial charge is 0.342 e. The lowest BCUT2D eigenvalue weighted by Crippen LogP contribution is -2.33. The molecule has 4 nitrogen and oxygen atoms in total. The standard InChI is InChI=1S/C14H19N3O/c1-10-3-2-4-16-13(10)5-14(18)17-8-11-6-15-7-12(11)9-17/h2-4,11-12,15H,5-9H2,1H3/t11-,12+. The van der Waals surface area contributed by atoms with Crippen LogP contribution in [0.15, 0.2) is 18.3 Å². The Labute approximate surface area is 107 Å². The fourth-order valence-corrected chi connectivity index (χ4v) is 3.02. The molecule has 1 aromatic rings. The number of hydrogen-bond donors (Lipinski definition) is 1. The summed E-state index contributed by atoms with van der Waals surface area (Å²) < 4.78 is 0. The van der Waals surface area contributed by atoms with E-state index in [2.05, 4.69) is 10.3 Å². The third-order valence-corrected chi connectivity index (χ3v) is 4.18. The first-order valence-electron chi connectivity index (χ1n) is 6.63. The van der Waals surface area contributed by atoms with Crippen LogP contribution in [0.1, 0.15) is 11.3 Å². The molecule has 0 bridgehead atoms. The van der Waals surface area contributed by atoms with Crippen molar-refractivity contribution in [1.82, 2.24) is 15.2 Å². The average molecular weight is 245 g/mol. The molecule has 0 radical (unpaired) electrons. The molecule has 0 aliphatic carbocycles. The number of fused-ring (bicyclic) bond motifs is 1. The van der Waals surface area contributed by atoms with Crippen LogP contribution in [0.25, 0.3) is 0 Å². The molecule has 1 amide bonds. The van der Waals surface area contributed by atoms with Gasteiger partial charge in [-0.3, -0.25) is 9.78 Å². The third kappa shape index (κ3) is 2.12. The number of aromatic nitrogens is 1. The van der Waals surface area contributed by atoms with Gasteiger partial charge >= 0.3 is 0 Å². The Bertz CT molecular complexity index is 448. The van der Waals surface area contributed by atoms with Crippen LogP contribution < -0.4 is 5.32 Å². The van der Waals surface area contributed by atoms with Gasteiger partial charge in [-0.1, -0.05) is 6.07 Å². The van der Waals surface area contributed by atoms with Gasteiger partial charge in [0, 0.05) is 32.4 Å². The molecule has 0 saturated carbocycles. The van der Waals surface area contributed by atoms with Crippen molar-refractivity contribution in [2.45, 2.75) is 13.3 Å². The Balaban J connectivity index is 1.64. The Hall–Kier alpha value is -1.42. The first-order chi connectivity index (χ1) is 8.74. The second kappa shape index (κ2) is 4.69. The minimum atomic E-state index is 0.228. The summed E-state index contributed by atoms with van der Waals surface area (Å²) in [5.74, 6) is 1.56. The predicted octanol–water partition coefficient (Wildman–Crippen LogP) is 0.610. The summed E-state index contributed by atoms with van der Waals surface area (Å²) in [6, 6.07) is 3.92. The molecule has 2 aliphatic heterocycles. The zero-order chi connectivity index (χ0) is 12.5. The number of carbonyl (C=O) groups excluding carboxylic acids is 1. The van der Waals surface area contributed by atoms with E-state index in [1.165, 1.54) is 0 Å². The Morgan fingerprint density at radius 1 is 1.44 bits per heavy atom. The molecule has 18 heavy (non-hydrogen) atoms. The normalized spacial score (nSPS) is 26.4. The third-order valence-electron chi connectivity index (χ3n) is 4.18. The summed E-state index contributed by atoms with van der Waals surface area (Å²) in [5.41, 5.74) is 2.02. The highest BCUT2D eigenvalue weighted by atomic mass is 16.2. The van der Waals surface area contributed by atoms with Gasteiger partial charge in [0.05, 0.1) is 12.1 Å². The van der Waals surface area contributed by atoms with E-state index >= 15 is 0 Å². The van der Waals surface area contributed by atoms with Gasteiger partial charge in [0.2, 0.25) is 5.91 Å². The van der Waals surface area contributed by atoms with E-state index < -0.39 is 0 Å². The van der Waals surface area contributed by atoms with E-state index in [1.54, 1.807) is 6.20 Å². The topological polar surface area (TPSA) is 45.2 Å². The van der Waals surface area contributed by atoms with Crippen LogP contribution in [0.4, 0.5) is 0 Å². The van der Waals surface area contributed by atoms with Gasteiger partial charge in [0.1, 0.15) is 0 Å². The highest BCUT2D eigenvalue weighted by Crippen LogP contribution is 2.26. The molecule has 3 rings (SSSR count). The zero-order valence-electron chi connectivity index (χ0n) is 10.7. The molecule has 2 aliphatic rings. The van der Waals surface area contributed by atoms with Crippen molar-refractivity contribution in [2.75, 3.05) is 26.2 Å². The van der Waals surface area contributed by atoms with Crippen LogP contribution in [0.5, 0.6) is 0 Å². The van der Waals surface area contributed by atoms with Crippen molar-refractivity contribution in [3.05, 3.63) is 29.6 Å². The minimum Gasteiger partial charge on any atom is -0.342 e.